The van der Waals surface area contributed by atoms with Crippen molar-refractivity contribution in [2.24, 2.45) is 0 Å². The summed E-state index contributed by atoms with van der Waals surface area (Å²) in [5.41, 5.74) is 1.07. The molecule has 0 spiro atoms. The third-order valence-corrected chi connectivity index (χ3v) is 4.34. The predicted molar refractivity (Wildman–Crippen MR) is 94.2 cm³/mol. The first-order valence-corrected chi connectivity index (χ1v) is 8.40. The van der Waals surface area contributed by atoms with Gasteiger partial charge in [0.15, 0.2) is 0 Å². The molecule has 5 nitrogen and oxygen atoms in total. The standard InChI is InChI=1S/C19H24N2O3/c1-23-18-5-4-15-10-14(2-3-16(15)11-18)12-21-19(22)13-24-17-6-8-20-9-7-17/h2-5,10-11,17,20H,6-9,12-13H2,1H3,(H,21,22). The number of nitrogens with one attached hydrogen (secondary N) is 2. The van der Waals surface area contributed by atoms with Crippen LogP contribution in [-0.4, -0.2) is 38.8 Å². The Labute approximate surface area is 142 Å². The van der Waals surface area contributed by atoms with Crippen molar-refractivity contribution in [3.05, 3.63) is 42.0 Å². The lowest BCUT2D eigenvalue weighted by Gasteiger charge is -2.22. The Kier molecular flexibility index (Phi) is 5.67. The Morgan fingerprint density at radius 2 is 1.92 bits per heavy atom. The van der Waals surface area contributed by atoms with Gasteiger partial charge >= 0.3 is 0 Å². The van der Waals surface area contributed by atoms with E-state index in [1.807, 2.05) is 30.3 Å². The molecule has 2 N–H and O–H groups in total. The largest absolute Gasteiger partial charge is 0.497 e. The van der Waals surface area contributed by atoms with Gasteiger partial charge in [0.2, 0.25) is 5.91 Å². The van der Waals surface area contributed by atoms with Crippen LogP contribution in [0.25, 0.3) is 10.8 Å². The maximum atomic E-state index is 11.9. The topological polar surface area (TPSA) is 59.6 Å². The molecule has 0 aliphatic carbocycles. The number of ether oxygens (including phenoxy) is 2. The zero-order valence-corrected chi connectivity index (χ0v) is 14.0. The first-order valence-electron chi connectivity index (χ1n) is 8.40. The van der Waals surface area contributed by atoms with E-state index in [1.165, 1.54) is 0 Å². The first-order chi connectivity index (χ1) is 11.7. The highest BCUT2D eigenvalue weighted by molar-refractivity contribution is 5.84. The molecule has 3 rings (SSSR count). The second-order valence-corrected chi connectivity index (χ2v) is 6.08. The number of hydrogen-bond acceptors (Lipinski definition) is 4. The molecule has 0 bridgehead atoms. The highest BCUT2D eigenvalue weighted by Gasteiger charge is 2.14. The average Bonchev–Trinajstić information content (AvgIpc) is 2.65. The third kappa shape index (κ3) is 4.46. The molecular formula is C19H24N2O3. The number of piperidine rings is 1. The Morgan fingerprint density at radius 3 is 2.71 bits per heavy atom. The number of benzene rings is 2. The molecule has 0 aromatic heterocycles. The normalized spacial score (nSPS) is 15.4. The minimum Gasteiger partial charge on any atom is -0.497 e. The molecular weight excluding hydrogens is 304 g/mol. The van der Waals surface area contributed by atoms with Gasteiger partial charge in [0.25, 0.3) is 0 Å². The van der Waals surface area contributed by atoms with E-state index in [9.17, 15) is 4.79 Å². The van der Waals surface area contributed by atoms with E-state index in [0.717, 1.165) is 48.0 Å². The summed E-state index contributed by atoms with van der Waals surface area (Å²) in [5.74, 6) is 0.780. The Bertz CT molecular complexity index is 696. The molecule has 0 unspecified atom stereocenters. The van der Waals surface area contributed by atoms with Crippen LogP contribution >= 0.6 is 0 Å². The molecule has 0 atom stereocenters. The van der Waals surface area contributed by atoms with E-state index >= 15 is 0 Å². The fourth-order valence-electron chi connectivity index (χ4n) is 2.92. The second-order valence-electron chi connectivity index (χ2n) is 6.08. The summed E-state index contributed by atoms with van der Waals surface area (Å²) >= 11 is 0. The van der Waals surface area contributed by atoms with Crippen LogP contribution in [0.1, 0.15) is 18.4 Å². The van der Waals surface area contributed by atoms with E-state index in [1.54, 1.807) is 7.11 Å². The highest BCUT2D eigenvalue weighted by Crippen LogP contribution is 2.21. The van der Waals surface area contributed by atoms with E-state index in [-0.39, 0.29) is 18.6 Å². The molecule has 5 heteroatoms. The molecule has 1 saturated heterocycles. The molecule has 1 heterocycles. The van der Waals surface area contributed by atoms with Crippen molar-refractivity contribution in [3.63, 3.8) is 0 Å². The highest BCUT2D eigenvalue weighted by atomic mass is 16.5. The minimum atomic E-state index is -0.0663. The molecule has 128 valence electrons. The fourth-order valence-corrected chi connectivity index (χ4v) is 2.92. The van der Waals surface area contributed by atoms with Crippen LogP contribution in [0.4, 0.5) is 0 Å². The Balaban J connectivity index is 1.50. The molecule has 1 amide bonds. The van der Waals surface area contributed by atoms with Crippen LogP contribution in [0.5, 0.6) is 5.75 Å². The van der Waals surface area contributed by atoms with Crippen molar-refractivity contribution in [1.82, 2.24) is 10.6 Å². The maximum Gasteiger partial charge on any atom is 0.246 e. The van der Waals surface area contributed by atoms with Crippen molar-refractivity contribution in [3.8, 4) is 5.75 Å². The van der Waals surface area contributed by atoms with E-state index in [0.29, 0.717) is 6.54 Å². The molecule has 1 aliphatic rings. The van der Waals surface area contributed by atoms with Gasteiger partial charge in [-0.3, -0.25) is 4.79 Å². The van der Waals surface area contributed by atoms with Gasteiger partial charge in [0, 0.05) is 6.54 Å². The summed E-state index contributed by atoms with van der Waals surface area (Å²) < 4.78 is 10.9. The van der Waals surface area contributed by atoms with E-state index < -0.39 is 0 Å². The third-order valence-electron chi connectivity index (χ3n) is 4.34. The number of methoxy groups -OCH3 is 1. The second kappa shape index (κ2) is 8.13. The average molecular weight is 328 g/mol. The zero-order valence-electron chi connectivity index (χ0n) is 14.0. The van der Waals surface area contributed by atoms with Gasteiger partial charge < -0.3 is 20.1 Å². The number of rotatable bonds is 6. The summed E-state index contributed by atoms with van der Waals surface area (Å²) in [6.45, 7) is 2.58. The van der Waals surface area contributed by atoms with E-state index in [4.69, 9.17) is 9.47 Å². The summed E-state index contributed by atoms with van der Waals surface area (Å²) in [6.07, 6.45) is 2.15. The lowest BCUT2D eigenvalue weighted by atomic mass is 10.1. The number of hydrogen-bond donors (Lipinski definition) is 2. The lowest BCUT2D eigenvalue weighted by Crippen LogP contribution is -2.35. The van der Waals surface area contributed by atoms with Gasteiger partial charge in [-0.1, -0.05) is 18.2 Å². The van der Waals surface area contributed by atoms with Crippen LogP contribution < -0.4 is 15.4 Å². The fraction of sp³-hybridized carbons (Fsp3) is 0.421. The summed E-state index contributed by atoms with van der Waals surface area (Å²) in [7, 11) is 1.66. The van der Waals surface area contributed by atoms with Crippen molar-refractivity contribution >= 4 is 16.7 Å². The lowest BCUT2D eigenvalue weighted by molar-refractivity contribution is -0.128. The molecule has 1 fully saturated rings. The van der Waals surface area contributed by atoms with Gasteiger partial charge in [0.1, 0.15) is 12.4 Å². The van der Waals surface area contributed by atoms with Gasteiger partial charge in [-0.15, -0.1) is 0 Å². The van der Waals surface area contributed by atoms with Crippen molar-refractivity contribution in [2.45, 2.75) is 25.5 Å². The van der Waals surface area contributed by atoms with Crippen LogP contribution in [0.3, 0.4) is 0 Å². The van der Waals surface area contributed by atoms with Crippen molar-refractivity contribution < 1.29 is 14.3 Å². The number of carbonyl (C=O) groups excluding carboxylic acids is 1. The summed E-state index contributed by atoms with van der Waals surface area (Å²) in [4.78, 5) is 11.9. The van der Waals surface area contributed by atoms with Gasteiger partial charge in [-0.2, -0.15) is 0 Å². The summed E-state index contributed by atoms with van der Waals surface area (Å²) in [5, 5.41) is 8.46. The molecule has 1 aliphatic heterocycles. The van der Waals surface area contributed by atoms with Crippen LogP contribution in [-0.2, 0) is 16.1 Å². The first kappa shape index (κ1) is 16.7. The maximum absolute atomic E-state index is 11.9. The Hall–Kier alpha value is -2.11. The van der Waals surface area contributed by atoms with Crippen LogP contribution in [0.2, 0.25) is 0 Å². The number of fused-ring (bicyclic) bond motifs is 1. The molecule has 2 aromatic rings. The zero-order chi connectivity index (χ0) is 16.8. The molecule has 0 radical (unpaired) electrons. The van der Waals surface area contributed by atoms with Gasteiger partial charge in [0.05, 0.1) is 13.2 Å². The Morgan fingerprint density at radius 1 is 1.17 bits per heavy atom. The predicted octanol–water partition coefficient (Wildman–Crippen LogP) is 2.23. The van der Waals surface area contributed by atoms with Crippen molar-refractivity contribution in [2.75, 3.05) is 26.8 Å². The molecule has 0 saturated carbocycles. The molecule has 2 aromatic carbocycles. The number of amides is 1. The quantitative estimate of drug-likeness (QED) is 0.854. The van der Waals surface area contributed by atoms with Gasteiger partial charge in [-0.05, 0) is 60.5 Å². The van der Waals surface area contributed by atoms with Gasteiger partial charge in [-0.25, -0.2) is 0 Å². The molecule has 24 heavy (non-hydrogen) atoms. The van der Waals surface area contributed by atoms with Crippen LogP contribution in [0.15, 0.2) is 36.4 Å². The van der Waals surface area contributed by atoms with Crippen molar-refractivity contribution in [1.29, 1.82) is 0 Å². The smallest absolute Gasteiger partial charge is 0.246 e. The number of carbonyl (C=O) groups is 1. The summed E-state index contributed by atoms with van der Waals surface area (Å²) in [6, 6.07) is 12.1. The minimum absolute atomic E-state index is 0.0663. The van der Waals surface area contributed by atoms with Crippen LogP contribution in [0, 0.1) is 0 Å². The SMILES string of the molecule is COc1ccc2cc(CNC(=O)COC3CCNCC3)ccc2c1. The monoisotopic (exact) mass is 328 g/mol. The van der Waals surface area contributed by atoms with E-state index in [2.05, 4.69) is 16.7 Å².